The van der Waals surface area contributed by atoms with Crippen LogP contribution in [0.3, 0.4) is 0 Å². The fourth-order valence-electron chi connectivity index (χ4n) is 1.49. The van der Waals surface area contributed by atoms with E-state index in [0.717, 1.165) is 5.56 Å². The largest absolute Gasteiger partial charge is 0.287 e. The lowest BCUT2D eigenvalue weighted by Crippen LogP contribution is -2.04. The van der Waals surface area contributed by atoms with Crippen LogP contribution in [0, 0.1) is 6.92 Å². The minimum Gasteiger partial charge on any atom is -0.287 e. The molecular formula is C13H9Cl2NO. The maximum absolute atomic E-state index is 12.1. The highest BCUT2D eigenvalue weighted by atomic mass is 35.5. The highest BCUT2D eigenvalue weighted by Gasteiger charge is 2.12. The third kappa shape index (κ3) is 2.84. The smallest absolute Gasteiger partial charge is 0.211 e. The normalized spacial score (nSPS) is 10.3. The number of halogens is 2. The van der Waals surface area contributed by atoms with Gasteiger partial charge in [-0.05, 0) is 42.8 Å². The Morgan fingerprint density at radius 1 is 1.12 bits per heavy atom. The Hall–Kier alpha value is -1.38. The van der Waals surface area contributed by atoms with Crippen molar-refractivity contribution in [2.75, 3.05) is 0 Å². The predicted octanol–water partition coefficient (Wildman–Crippen LogP) is 3.93. The van der Waals surface area contributed by atoms with Crippen LogP contribution in [0.25, 0.3) is 0 Å². The van der Waals surface area contributed by atoms with E-state index in [9.17, 15) is 4.79 Å². The summed E-state index contributed by atoms with van der Waals surface area (Å²) in [6.07, 6.45) is 1.61. The van der Waals surface area contributed by atoms with Gasteiger partial charge in [0, 0.05) is 21.8 Å². The number of nitrogens with zero attached hydrogens (tertiary/aromatic N) is 1. The summed E-state index contributed by atoms with van der Waals surface area (Å²) in [4.78, 5) is 16.2. The predicted molar refractivity (Wildman–Crippen MR) is 68.9 cm³/mol. The lowest BCUT2D eigenvalue weighted by Gasteiger charge is -2.03. The summed E-state index contributed by atoms with van der Waals surface area (Å²) in [6, 6.07) is 8.32. The average molecular weight is 266 g/mol. The Labute approximate surface area is 109 Å². The SMILES string of the molecule is Cc1ccnc(C(=O)c2cc(Cl)cc(Cl)c2)c1. The molecule has 2 rings (SSSR count). The maximum Gasteiger partial charge on any atom is 0.211 e. The van der Waals surface area contributed by atoms with Gasteiger partial charge < -0.3 is 0 Å². The molecule has 1 aromatic heterocycles. The van der Waals surface area contributed by atoms with Crippen LogP contribution in [-0.2, 0) is 0 Å². The summed E-state index contributed by atoms with van der Waals surface area (Å²) in [5.74, 6) is -0.182. The van der Waals surface area contributed by atoms with Crippen molar-refractivity contribution >= 4 is 29.0 Å². The fraction of sp³-hybridized carbons (Fsp3) is 0.0769. The number of rotatable bonds is 2. The summed E-state index contributed by atoms with van der Waals surface area (Å²) in [5.41, 5.74) is 1.82. The third-order valence-corrected chi connectivity index (χ3v) is 2.71. The molecule has 0 aliphatic carbocycles. The zero-order valence-electron chi connectivity index (χ0n) is 9.08. The van der Waals surface area contributed by atoms with Gasteiger partial charge in [0.25, 0.3) is 0 Å². The number of benzene rings is 1. The first-order chi connectivity index (χ1) is 8.06. The van der Waals surface area contributed by atoms with Crippen molar-refractivity contribution in [1.82, 2.24) is 4.98 Å². The Morgan fingerprint density at radius 2 is 1.76 bits per heavy atom. The molecule has 0 N–H and O–H groups in total. The van der Waals surface area contributed by atoms with Crippen molar-refractivity contribution in [1.29, 1.82) is 0 Å². The van der Waals surface area contributed by atoms with Crippen molar-refractivity contribution in [3.05, 3.63) is 63.4 Å². The molecular weight excluding hydrogens is 257 g/mol. The van der Waals surface area contributed by atoms with Gasteiger partial charge >= 0.3 is 0 Å². The van der Waals surface area contributed by atoms with Gasteiger partial charge in [0.05, 0.1) is 0 Å². The molecule has 1 aromatic carbocycles. The minimum absolute atomic E-state index is 0.182. The zero-order valence-corrected chi connectivity index (χ0v) is 10.6. The van der Waals surface area contributed by atoms with Crippen molar-refractivity contribution in [3.63, 3.8) is 0 Å². The number of aryl methyl sites for hydroxylation is 1. The molecule has 0 radical (unpaired) electrons. The van der Waals surface area contributed by atoms with Gasteiger partial charge in [-0.3, -0.25) is 9.78 Å². The molecule has 0 saturated carbocycles. The molecule has 0 fully saturated rings. The molecule has 2 nitrogen and oxygen atoms in total. The summed E-state index contributed by atoms with van der Waals surface area (Å²) in [5, 5.41) is 0.877. The number of pyridine rings is 1. The van der Waals surface area contributed by atoms with Crippen molar-refractivity contribution in [2.45, 2.75) is 6.92 Å². The minimum atomic E-state index is -0.182. The fourth-order valence-corrected chi connectivity index (χ4v) is 2.02. The molecule has 17 heavy (non-hydrogen) atoms. The number of aromatic nitrogens is 1. The molecule has 2 aromatic rings. The molecule has 86 valence electrons. The number of carbonyl (C=O) groups is 1. The van der Waals surface area contributed by atoms with Gasteiger partial charge in [0.15, 0.2) is 0 Å². The molecule has 0 aliphatic rings. The van der Waals surface area contributed by atoms with Crippen molar-refractivity contribution < 1.29 is 4.79 Å². The molecule has 1 heterocycles. The summed E-state index contributed by atoms with van der Waals surface area (Å²) < 4.78 is 0. The zero-order chi connectivity index (χ0) is 12.4. The highest BCUT2D eigenvalue weighted by Crippen LogP contribution is 2.20. The molecule has 4 heteroatoms. The molecule has 0 aliphatic heterocycles. The van der Waals surface area contributed by atoms with Gasteiger partial charge in [-0.2, -0.15) is 0 Å². The van der Waals surface area contributed by atoms with E-state index in [1.54, 1.807) is 30.5 Å². The first-order valence-corrected chi connectivity index (χ1v) is 5.75. The third-order valence-electron chi connectivity index (χ3n) is 2.27. The average Bonchev–Trinajstić information content (AvgIpc) is 2.26. The molecule has 0 bridgehead atoms. The van der Waals surface area contributed by atoms with Crippen LogP contribution >= 0.6 is 23.2 Å². The molecule has 0 unspecified atom stereocenters. The van der Waals surface area contributed by atoms with E-state index in [1.807, 2.05) is 13.0 Å². The number of hydrogen-bond acceptors (Lipinski definition) is 2. The van der Waals surface area contributed by atoms with Crippen LogP contribution in [-0.4, -0.2) is 10.8 Å². The topological polar surface area (TPSA) is 30.0 Å². The quantitative estimate of drug-likeness (QED) is 0.771. The van der Waals surface area contributed by atoms with Gasteiger partial charge in [0.2, 0.25) is 5.78 Å². The van der Waals surface area contributed by atoms with E-state index in [1.165, 1.54) is 0 Å². The first kappa shape index (κ1) is 12.1. The lowest BCUT2D eigenvalue weighted by atomic mass is 10.1. The van der Waals surface area contributed by atoms with Crippen LogP contribution in [0.4, 0.5) is 0 Å². The van der Waals surface area contributed by atoms with Crippen LogP contribution in [0.2, 0.25) is 10.0 Å². The van der Waals surface area contributed by atoms with E-state index in [2.05, 4.69) is 4.98 Å². The maximum atomic E-state index is 12.1. The summed E-state index contributed by atoms with van der Waals surface area (Å²) >= 11 is 11.7. The Kier molecular flexibility index (Phi) is 3.46. The van der Waals surface area contributed by atoms with Gasteiger partial charge in [-0.1, -0.05) is 23.2 Å². The molecule has 0 amide bonds. The van der Waals surface area contributed by atoms with E-state index in [4.69, 9.17) is 23.2 Å². The van der Waals surface area contributed by atoms with E-state index in [0.29, 0.717) is 21.3 Å². The number of carbonyl (C=O) groups excluding carboxylic acids is 1. The monoisotopic (exact) mass is 265 g/mol. The Morgan fingerprint density at radius 3 is 2.35 bits per heavy atom. The number of hydrogen-bond donors (Lipinski definition) is 0. The van der Waals surface area contributed by atoms with E-state index >= 15 is 0 Å². The van der Waals surface area contributed by atoms with Crippen LogP contribution < -0.4 is 0 Å². The molecule has 0 atom stereocenters. The first-order valence-electron chi connectivity index (χ1n) is 5.00. The lowest BCUT2D eigenvalue weighted by molar-refractivity contribution is 0.103. The van der Waals surface area contributed by atoms with Crippen molar-refractivity contribution in [2.24, 2.45) is 0 Å². The molecule has 0 spiro atoms. The van der Waals surface area contributed by atoms with E-state index < -0.39 is 0 Å². The molecule has 0 saturated heterocycles. The second kappa shape index (κ2) is 4.86. The Balaban J connectivity index is 2.43. The Bertz CT molecular complexity index is 561. The van der Waals surface area contributed by atoms with Crippen LogP contribution in [0.5, 0.6) is 0 Å². The summed E-state index contributed by atoms with van der Waals surface area (Å²) in [7, 11) is 0. The second-order valence-electron chi connectivity index (χ2n) is 3.71. The van der Waals surface area contributed by atoms with Crippen LogP contribution in [0.1, 0.15) is 21.6 Å². The second-order valence-corrected chi connectivity index (χ2v) is 4.58. The summed E-state index contributed by atoms with van der Waals surface area (Å²) in [6.45, 7) is 1.91. The van der Waals surface area contributed by atoms with E-state index in [-0.39, 0.29) is 5.78 Å². The van der Waals surface area contributed by atoms with Crippen LogP contribution in [0.15, 0.2) is 36.5 Å². The van der Waals surface area contributed by atoms with Gasteiger partial charge in [-0.25, -0.2) is 0 Å². The van der Waals surface area contributed by atoms with Gasteiger partial charge in [0.1, 0.15) is 5.69 Å². The highest BCUT2D eigenvalue weighted by molar-refractivity contribution is 6.35. The number of ketones is 1. The standard InChI is InChI=1S/C13H9Cl2NO/c1-8-2-3-16-12(4-8)13(17)9-5-10(14)7-11(15)6-9/h2-7H,1H3. The van der Waals surface area contributed by atoms with Crippen molar-refractivity contribution in [3.8, 4) is 0 Å². The van der Waals surface area contributed by atoms with Gasteiger partial charge in [-0.15, -0.1) is 0 Å².